The van der Waals surface area contributed by atoms with E-state index in [-0.39, 0.29) is 24.0 Å². The van der Waals surface area contributed by atoms with Crippen molar-refractivity contribution < 1.29 is 9.47 Å². The van der Waals surface area contributed by atoms with Crippen LogP contribution < -0.4 is 10.6 Å². The number of rotatable bonds is 13. The number of nitrogens with zero attached hydrogens (tertiary/aromatic N) is 2. The van der Waals surface area contributed by atoms with Gasteiger partial charge in [0.15, 0.2) is 5.96 Å². The normalized spacial score (nSPS) is 15.1. The third-order valence-electron chi connectivity index (χ3n) is 5.06. The van der Waals surface area contributed by atoms with Gasteiger partial charge in [0.25, 0.3) is 0 Å². The smallest absolute Gasteiger partial charge is 0.191 e. The molecule has 0 atom stereocenters. The Kier molecular flexibility index (Phi) is 16.1. The van der Waals surface area contributed by atoms with Gasteiger partial charge in [-0.3, -0.25) is 4.99 Å². The fraction of sp³-hybridized carbons (Fsp3) is 0.696. The molecule has 0 amide bonds. The van der Waals surface area contributed by atoms with Crippen LogP contribution in [0, 0.1) is 5.92 Å². The first kappa shape index (κ1) is 27.1. The SMILES string of the molecule is CCNC(=NCCCOCC1CCOCC1)NCCCN(C)Cc1ccccc1.I. The second-order valence-corrected chi connectivity index (χ2v) is 7.75. The lowest BCUT2D eigenvalue weighted by Crippen LogP contribution is -2.38. The van der Waals surface area contributed by atoms with Gasteiger partial charge in [-0.05, 0) is 57.7 Å². The summed E-state index contributed by atoms with van der Waals surface area (Å²) in [6.07, 6.45) is 4.31. The second-order valence-electron chi connectivity index (χ2n) is 7.75. The van der Waals surface area contributed by atoms with Gasteiger partial charge >= 0.3 is 0 Å². The summed E-state index contributed by atoms with van der Waals surface area (Å²) in [7, 11) is 2.17. The van der Waals surface area contributed by atoms with E-state index in [1.165, 1.54) is 5.56 Å². The van der Waals surface area contributed by atoms with Crippen LogP contribution in [0.2, 0.25) is 0 Å². The maximum atomic E-state index is 5.82. The van der Waals surface area contributed by atoms with Gasteiger partial charge in [0.05, 0.1) is 0 Å². The summed E-state index contributed by atoms with van der Waals surface area (Å²) in [5, 5.41) is 6.76. The average Bonchev–Trinajstić information content (AvgIpc) is 2.75. The van der Waals surface area contributed by atoms with Gasteiger partial charge in [0, 0.05) is 52.6 Å². The number of nitrogens with one attached hydrogen (secondary N) is 2. The summed E-state index contributed by atoms with van der Waals surface area (Å²) in [6.45, 7) is 10.1. The molecule has 1 aromatic carbocycles. The molecule has 0 bridgehead atoms. The number of ether oxygens (including phenoxy) is 2. The molecule has 0 aliphatic carbocycles. The van der Waals surface area contributed by atoms with Crippen molar-refractivity contribution in [1.29, 1.82) is 0 Å². The first-order chi connectivity index (χ1) is 14.3. The number of aliphatic imine (C=N–C) groups is 1. The van der Waals surface area contributed by atoms with Crippen LogP contribution >= 0.6 is 24.0 Å². The Balaban J connectivity index is 0.00000450. The van der Waals surface area contributed by atoms with E-state index in [0.717, 1.165) is 90.8 Å². The summed E-state index contributed by atoms with van der Waals surface area (Å²) in [5.41, 5.74) is 1.36. The molecule has 1 saturated heterocycles. The predicted molar refractivity (Wildman–Crippen MR) is 136 cm³/mol. The van der Waals surface area contributed by atoms with Gasteiger partial charge in [-0.15, -0.1) is 24.0 Å². The van der Waals surface area contributed by atoms with Crippen molar-refractivity contribution in [3.05, 3.63) is 35.9 Å². The molecule has 2 rings (SSSR count). The predicted octanol–water partition coefficient (Wildman–Crippen LogP) is 3.51. The van der Waals surface area contributed by atoms with E-state index < -0.39 is 0 Å². The van der Waals surface area contributed by atoms with Crippen molar-refractivity contribution in [2.75, 3.05) is 59.7 Å². The number of hydrogen-bond donors (Lipinski definition) is 2. The van der Waals surface area contributed by atoms with E-state index in [1.54, 1.807) is 0 Å². The van der Waals surface area contributed by atoms with Crippen LogP contribution in [0.15, 0.2) is 35.3 Å². The quantitative estimate of drug-likeness (QED) is 0.176. The van der Waals surface area contributed by atoms with Crippen molar-refractivity contribution in [2.24, 2.45) is 10.9 Å². The molecule has 1 heterocycles. The van der Waals surface area contributed by atoms with Crippen LogP contribution in [0.5, 0.6) is 0 Å². The third-order valence-corrected chi connectivity index (χ3v) is 5.06. The van der Waals surface area contributed by atoms with Crippen LogP contribution in [-0.4, -0.2) is 70.5 Å². The standard InChI is InChI=1S/C23H40N4O2.HI/c1-3-24-23(26-14-8-16-29-20-22-11-17-28-18-12-22)25-13-7-15-27(2)19-21-9-5-4-6-10-21;/h4-6,9-10,22H,3,7-8,11-20H2,1-2H3,(H2,24,25,26);1H. The number of hydrogen-bond acceptors (Lipinski definition) is 4. The molecule has 2 N–H and O–H groups in total. The molecule has 0 aromatic heterocycles. The molecule has 0 unspecified atom stereocenters. The molecule has 6 nitrogen and oxygen atoms in total. The van der Waals surface area contributed by atoms with Crippen LogP contribution in [0.1, 0.15) is 38.2 Å². The van der Waals surface area contributed by atoms with Crippen LogP contribution in [0.25, 0.3) is 0 Å². The van der Waals surface area contributed by atoms with Gasteiger partial charge < -0.3 is 25.0 Å². The maximum absolute atomic E-state index is 5.82. The average molecular weight is 533 g/mol. The number of guanidine groups is 1. The Hall–Kier alpha value is -0.900. The van der Waals surface area contributed by atoms with Crippen LogP contribution in [0.3, 0.4) is 0 Å². The molecule has 0 spiro atoms. The third kappa shape index (κ3) is 12.7. The van der Waals surface area contributed by atoms with Gasteiger partial charge in [0.1, 0.15) is 0 Å². The zero-order chi connectivity index (χ0) is 20.6. The van der Waals surface area contributed by atoms with Crippen LogP contribution in [0.4, 0.5) is 0 Å². The lowest BCUT2D eigenvalue weighted by Gasteiger charge is -2.21. The molecule has 30 heavy (non-hydrogen) atoms. The fourth-order valence-electron chi connectivity index (χ4n) is 3.39. The van der Waals surface area contributed by atoms with E-state index in [0.29, 0.717) is 5.92 Å². The minimum absolute atomic E-state index is 0. The largest absolute Gasteiger partial charge is 0.381 e. The minimum atomic E-state index is 0. The van der Waals surface area contributed by atoms with E-state index in [2.05, 4.69) is 64.8 Å². The molecule has 7 heteroatoms. The molecular weight excluding hydrogens is 491 g/mol. The van der Waals surface area contributed by atoms with Crippen molar-refractivity contribution in [2.45, 2.75) is 39.2 Å². The first-order valence-corrected chi connectivity index (χ1v) is 11.2. The van der Waals surface area contributed by atoms with Crippen molar-refractivity contribution in [3.63, 3.8) is 0 Å². The zero-order valence-corrected chi connectivity index (χ0v) is 21.1. The molecule has 1 aliphatic heterocycles. The fourth-order valence-corrected chi connectivity index (χ4v) is 3.39. The van der Waals surface area contributed by atoms with Crippen molar-refractivity contribution in [3.8, 4) is 0 Å². The highest BCUT2D eigenvalue weighted by Crippen LogP contribution is 2.14. The topological polar surface area (TPSA) is 58.1 Å². The number of benzene rings is 1. The molecule has 1 aliphatic rings. The highest BCUT2D eigenvalue weighted by atomic mass is 127. The zero-order valence-electron chi connectivity index (χ0n) is 18.8. The lowest BCUT2D eigenvalue weighted by molar-refractivity contribution is 0.0205. The Morgan fingerprint density at radius 3 is 2.67 bits per heavy atom. The number of halogens is 1. The minimum Gasteiger partial charge on any atom is -0.381 e. The highest BCUT2D eigenvalue weighted by Gasteiger charge is 2.13. The monoisotopic (exact) mass is 532 g/mol. The molecule has 1 aromatic rings. The lowest BCUT2D eigenvalue weighted by atomic mass is 10.0. The van der Waals surface area contributed by atoms with E-state index in [4.69, 9.17) is 9.47 Å². The molecule has 0 radical (unpaired) electrons. The first-order valence-electron chi connectivity index (χ1n) is 11.2. The van der Waals surface area contributed by atoms with Gasteiger partial charge in [-0.2, -0.15) is 0 Å². The van der Waals surface area contributed by atoms with E-state index in [9.17, 15) is 0 Å². The summed E-state index contributed by atoms with van der Waals surface area (Å²) in [4.78, 5) is 7.02. The van der Waals surface area contributed by atoms with Crippen molar-refractivity contribution >= 4 is 29.9 Å². The Morgan fingerprint density at radius 2 is 1.93 bits per heavy atom. The molecule has 172 valence electrons. The summed E-state index contributed by atoms with van der Waals surface area (Å²) in [5.74, 6) is 1.58. The van der Waals surface area contributed by atoms with Gasteiger partial charge in [-0.1, -0.05) is 30.3 Å². The summed E-state index contributed by atoms with van der Waals surface area (Å²) >= 11 is 0. The Bertz CT molecular complexity index is 553. The van der Waals surface area contributed by atoms with Gasteiger partial charge in [-0.25, -0.2) is 0 Å². The molecular formula is C23H41IN4O2. The summed E-state index contributed by atoms with van der Waals surface area (Å²) in [6, 6.07) is 10.6. The molecule has 1 fully saturated rings. The maximum Gasteiger partial charge on any atom is 0.191 e. The Labute approximate surface area is 200 Å². The molecule has 0 saturated carbocycles. The van der Waals surface area contributed by atoms with E-state index in [1.807, 2.05) is 0 Å². The van der Waals surface area contributed by atoms with E-state index >= 15 is 0 Å². The van der Waals surface area contributed by atoms with Crippen LogP contribution in [-0.2, 0) is 16.0 Å². The highest BCUT2D eigenvalue weighted by molar-refractivity contribution is 14.0. The van der Waals surface area contributed by atoms with Gasteiger partial charge in [0.2, 0.25) is 0 Å². The Morgan fingerprint density at radius 1 is 1.17 bits per heavy atom. The van der Waals surface area contributed by atoms with Crippen molar-refractivity contribution in [1.82, 2.24) is 15.5 Å². The summed E-state index contributed by atoms with van der Waals surface area (Å²) < 4.78 is 11.2. The second kappa shape index (κ2) is 17.7.